The van der Waals surface area contributed by atoms with Gasteiger partial charge in [0.25, 0.3) is 0 Å². The van der Waals surface area contributed by atoms with Gasteiger partial charge in [0, 0.05) is 6.08 Å². The molecule has 2 atom stereocenters. The Hall–Kier alpha value is -0.870. The monoisotopic (exact) mass is 144 g/mol. The van der Waals surface area contributed by atoms with Crippen LogP contribution in [-0.4, -0.2) is 35.0 Å². The number of aliphatic hydroxyl groups excluding tert-OH is 2. The molecule has 1 aliphatic rings. The molecule has 1 rings (SSSR count). The number of carbonyl (C=O) groups is 1. The van der Waals surface area contributed by atoms with Crippen LogP contribution in [0, 0.1) is 0 Å². The third-order valence-electron chi connectivity index (χ3n) is 1.26. The van der Waals surface area contributed by atoms with Gasteiger partial charge >= 0.3 is 5.97 Å². The minimum absolute atomic E-state index is 0.350. The summed E-state index contributed by atoms with van der Waals surface area (Å²) >= 11 is 0. The first-order chi connectivity index (χ1) is 4.74. The minimum Gasteiger partial charge on any atom is -0.454 e. The number of aliphatic hydroxyl groups is 2. The van der Waals surface area contributed by atoms with Crippen molar-refractivity contribution in [3.63, 3.8) is 0 Å². The Bertz CT molecular complexity index is 163. The molecule has 2 N–H and O–H groups in total. The molecule has 0 amide bonds. The van der Waals surface area contributed by atoms with Crippen molar-refractivity contribution in [3.05, 3.63) is 12.2 Å². The van der Waals surface area contributed by atoms with E-state index in [1.807, 2.05) is 0 Å². The zero-order valence-electron chi connectivity index (χ0n) is 5.23. The lowest BCUT2D eigenvalue weighted by Crippen LogP contribution is -2.35. The van der Waals surface area contributed by atoms with E-state index >= 15 is 0 Å². The summed E-state index contributed by atoms with van der Waals surface area (Å²) in [6.07, 6.45) is 0.768. The largest absolute Gasteiger partial charge is 0.454 e. The number of ether oxygens (including phenoxy) is 1. The highest BCUT2D eigenvalue weighted by Crippen LogP contribution is 2.06. The van der Waals surface area contributed by atoms with Crippen LogP contribution in [0.5, 0.6) is 0 Å². The molecule has 0 unspecified atom stereocenters. The molecule has 56 valence electrons. The van der Waals surface area contributed by atoms with E-state index < -0.39 is 18.2 Å². The van der Waals surface area contributed by atoms with Gasteiger partial charge in [-0.3, -0.25) is 0 Å². The fourth-order valence-corrected chi connectivity index (χ4v) is 0.705. The fraction of sp³-hybridized carbons (Fsp3) is 0.500. The number of hydrogen-bond donors (Lipinski definition) is 2. The molecule has 0 saturated heterocycles. The van der Waals surface area contributed by atoms with E-state index in [1.165, 1.54) is 6.08 Å². The zero-order valence-corrected chi connectivity index (χ0v) is 5.23. The van der Waals surface area contributed by atoms with E-state index in [-0.39, 0.29) is 6.61 Å². The highest BCUT2D eigenvalue weighted by atomic mass is 16.6. The van der Waals surface area contributed by atoms with Crippen LogP contribution in [0.2, 0.25) is 0 Å². The Morgan fingerprint density at radius 2 is 2.40 bits per heavy atom. The normalized spacial score (nSPS) is 32.0. The summed E-state index contributed by atoms with van der Waals surface area (Å²) in [6, 6.07) is 0. The smallest absolute Gasteiger partial charge is 0.330 e. The fourth-order valence-electron chi connectivity index (χ4n) is 0.705. The lowest BCUT2D eigenvalue weighted by atomic mass is 10.1. The predicted molar refractivity (Wildman–Crippen MR) is 32.1 cm³/mol. The maximum Gasteiger partial charge on any atom is 0.330 e. The standard InChI is InChI=1S/C6H8O4/c7-3-5-4(8)1-2-6(9)10-5/h1-2,4-5,7-8H,3H2/t4-,5+/m0/s1. The van der Waals surface area contributed by atoms with Gasteiger partial charge in [-0.15, -0.1) is 0 Å². The van der Waals surface area contributed by atoms with Gasteiger partial charge in [0.1, 0.15) is 6.10 Å². The molecule has 0 radical (unpaired) electrons. The second-order valence-corrected chi connectivity index (χ2v) is 2.01. The molecule has 0 bridgehead atoms. The number of carbonyl (C=O) groups excluding carboxylic acids is 1. The second kappa shape index (κ2) is 2.81. The van der Waals surface area contributed by atoms with E-state index in [4.69, 9.17) is 10.2 Å². The number of rotatable bonds is 1. The molecular formula is C6H8O4. The molecule has 4 nitrogen and oxygen atoms in total. The summed E-state index contributed by atoms with van der Waals surface area (Å²) < 4.78 is 4.52. The van der Waals surface area contributed by atoms with Crippen molar-refractivity contribution in [2.24, 2.45) is 0 Å². The van der Waals surface area contributed by atoms with Crippen molar-refractivity contribution >= 4 is 5.97 Å². The molecule has 0 saturated carbocycles. The summed E-state index contributed by atoms with van der Waals surface area (Å²) in [6.45, 7) is -0.350. The number of cyclic esters (lactones) is 1. The lowest BCUT2D eigenvalue weighted by molar-refractivity contribution is -0.152. The van der Waals surface area contributed by atoms with Crippen LogP contribution in [-0.2, 0) is 9.53 Å². The lowest BCUT2D eigenvalue weighted by Gasteiger charge is -2.20. The summed E-state index contributed by atoms with van der Waals surface area (Å²) in [5.74, 6) is -0.524. The predicted octanol–water partition coefficient (Wildman–Crippen LogP) is -1.18. The highest BCUT2D eigenvalue weighted by molar-refractivity contribution is 5.83. The second-order valence-electron chi connectivity index (χ2n) is 2.01. The van der Waals surface area contributed by atoms with Crippen LogP contribution in [0.3, 0.4) is 0 Å². The highest BCUT2D eigenvalue weighted by Gasteiger charge is 2.23. The molecule has 4 heteroatoms. The quantitative estimate of drug-likeness (QED) is 0.455. The van der Waals surface area contributed by atoms with Crippen molar-refractivity contribution < 1.29 is 19.7 Å². The maximum atomic E-state index is 10.4. The van der Waals surface area contributed by atoms with Gasteiger partial charge in [0.15, 0.2) is 6.10 Å². The number of hydrogen-bond acceptors (Lipinski definition) is 4. The molecule has 0 aromatic rings. The maximum absolute atomic E-state index is 10.4. The van der Waals surface area contributed by atoms with Crippen LogP contribution >= 0.6 is 0 Å². The van der Waals surface area contributed by atoms with Crippen molar-refractivity contribution in [2.75, 3.05) is 6.61 Å². The summed E-state index contributed by atoms with van der Waals surface area (Å²) in [5.41, 5.74) is 0. The Balaban J connectivity index is 2.62. The minimum atomic E-state index is -0.873. The van der Waals surface area contributed by atoms with E-state index in [1.54, 1.807) is 0 Å². The molecule has 0 aliphatic carbocycles. The van der Waals surface area contributed by atoms with E-state index in [0.717, 1.165) is 6.08 Å². The summed E-state index contributed by atoms with van der Waals surface area (Å²) in [7, 11) is 0. The third-order valence-corrected chi connectivity index (χ3v) is 1.26. The van der Waals surface area contributed by atoms with Crippen molar-refractivity contribution in [1.82, 2.24) is 0 Å². The molecule has 10 heavy (non-hydrogen) atoms. The average molecular weight is 144 g/mol. The van der Waals surface area contributed by atoms with Gasteiger partial charge in [-0.2, -0.15) is 0 Å². The molecule has 0 fully saturated rings. The van der Waals surface area contributed by atoms with E-state index in [0.29, 0.717) is 0 Å². The average Bonchev–Trinajstić information content (AvgIpc) is 1.94. The Kier molecular flexibility index (Phi) is 2.03. The SMILES string of the molecule is O=C1C=C[C@H](O)[C@@H](CO)O1. The van der Waals surface area contributed by atoms with Crippen LogP contribution < -0.4 is 0 Å². The van der Waals surface area contributed by atoms with Crippen LogP contribution in [0.1, 0.15) is 0 Å². The van der Waals surface area contributed by atoms with Gasteiger partial charge in [0.05, 0.1) is 6.61 Å². The molecule has 0 spiro atoms. The number of esters is 1. The summed E-state index contributed by atoms with van der Waals surface area (Å²) in [5, 5.41) is 17.5. The van der Waals surface area contributed by atoms with Crippen molar-refractivity contribution in [2.45, 2.75) is 12.2 Å². The Morgan fingerprint density at radius 1 is 1.70 bits per heavy atom. The van der Waals surface area contributed by atoms with E-state index in [9.17, 15) is 4.79 Å². The Labute approximate surface area is 57.7 Å². The van der Waals surface area contributed by atoms with Crippen LogP contribution in [0.25, 0.3) is 0 Å². The first-order valence-corrected chi connectivity index (χ1v) is 2.92. The van der Waals surface area contributed by atoms with Gasteiger partial charge in [-0.25, -0.2) is 4.79 Å². The van der Waals surface area contributed by atoms with Crippen molar-refractivity contribution in [3.8, 4) is 0 Å². The van der Waals surface area contributed by atoms with Gasteiger partial charge in [-0.1, -0.05) is 0 Å². The van der Waals surface area contributed by atoms with Gasteiger partial charge in [0.2, 0.25) is 0 Å². The molecular weight excluding hydrogens is 136 g/mol. The topological polar surface area (TPSA) is 66.8 Å². The first-order valence-electron chi connectivity index (χ1n) is 2.92. The molecule has 1 aliphatic heterocycles. The molecule has 0 aromatic heterocycles. The van der Waals surface area contributed by atoms with Crippen molar-refractivity contribution in [1.29, 1.82) is 0 Å². The molecule has 0 aromatic carbocycles. The van der Waals surface area contributed by atoms with Crippen LogP contribution in [0.15, 0.2) is 12.2 Å². The zero-order chi connectivity index (χ0) is 7.56. The van der Waals surface area contributed by atoms with Gasteiger partial charge < -0.3 is 14.9 Å². The summed E-state index contributed by atoms with van der Waals surface area (Å²) in [4.78, 5) is 10.4. The Morgan fingerprint density at radius 3 is 2.90 bits per heavy atom. The van der Waals surface area contributed by atoms with E-state index in [2.05, 4.69) is 4.74 Å². The third kappa shape index (κ3) is 1.34. The first kappa shape index (κ1) is 7.24. The van der Waals surface area contributed by atoms with Crippen LogP contribution in [0.4, 0.5) is 0 Å². The van der Waals surface area contributed by atoms with Gasteiger partial charge in [-0.05, 0) is 6.08 Å². The molecule has 1 heterocycles.